The molecule has 0 bridgehead atoms. The van der Waals surface area contributed by atoms with Crippen LogP contribution in [0.3, 0.4) is 0 Å². The molecule has 1 aliphatic carbocycles. The summed E-state index contributed by atoms with van der Waals surface area (Å²) >= 11 is 0. The number of rotatable bonds is 5. The number of amides is 1. The number of anilines is 1. The van der Waals surface area contributed by atoms with Crippen molar-refractivity contribution in [2.24, 2.45) is 5.92 Å². The molecule has 2 rings (SSSR count). The van der Waals surface area contributed by atoms with E-state index in [1.165, 1.54) is 19.3 Å². The molecule has 0 atom stereocenters. The van der Waals surface area contributed by atoms with Gasteiger partial charge in [0.15, 0.2) is 0 Å². The monoisotopic (exact) mass is 233 g/mol. The second kappa shape index (κ2) is 5.66. The van der Waals surface area contributed by atoms with Gasteiger partial charge < -0.3 is 10.6 Å². The number of pyridine rings is 1. The third-order valence-electron chi connectivity index (χ3n) is 3.34. The number of hydrogen-bond donors (Lipinski definition) is 2. The second-order valence-corrected chi connectivity index (χ2v) is 4.52. The fourth-order valence-electron chi connectivity index (χ4n) is 1.97. The van der Waals surface area contributed by atoms with E-state index in [-0.39, 0.29) is 5.91 Å². The molecule has 0 radical (unpaired) electrons. The highest BCUT2D eigenvalue weighted by molar-refractivity contribution is 5.93. The van der Waals surface area contributed by atoms with Gasteiger partial charge in [0, 0.05) is 25.5 Å². The molecule has 0 aliphatic heterocycles. The third-order valence-corrected chi connectivity index (χ3v) is 3.34. The van der Waals surface area contributed by atoms with Crippen molar-refractivity contribution in [2.75, 3.05) is 18.9 Å². The molecule has 0 unspecified atom stereocenters. The molecule has 1 heterocycles. The summed E-state index contributed by atoms with van der Waals surface area (Å²) in [4.78, 5) is 15.9. The number of carbonyl (C=O) groups is 1. The molecule has 0 saturated heterocycles. The Bertz CT molecular complexity index is 388. The van der Waals surface area contributed by atoms with E-state index in [4.69, 9.17) is 0 Å². The number of hydrogen-bond acceptors (Lipinski definition) is 3. The summed E-state index contributed by atoms with van der Waals surface area (Å²) in [5, 5.41) is 5.91. The van der Waals surface area contributed by atoms with Crippen molar-refractivity contribution in [3.05, 3.63) is 24.0 Å². The van der Waals surface area contributed by atoms with Gasteiger partial charge >= 0.3 is 0 Å². The van der Waals surface area contributed by atoms with Gasteiger partial charge in [-0.3, -0.25) is 9.78 Å². The highest BCUT2D eigenvalue weighted by atomic mass is 16.1. The molecule has 1 aromatic heterocycles. The maximum Gasteiger partial charge on any atom is 0.269 e. The summed E-state index contributed by atoms with van der Waals surface area (Å²) in [6.07, 6.45) is 6.74. The van der Waals surface area contributed by atoms with Crippen molar-refractivity contribution in [3.8, 4) is 0 Å². The van der Waals surface area contributed by atoms with Crippen LogP contribution in [0.4, 0.5) is 5.69 Å². The first-order valence-electron chi connectivity index (χ1n) is 6.21. The van der Waals surface area contributed by atoms with Crippen molar-refractivity contribution < 1.29 is 4.79 Å². The fraction of sp³-hybridized carbons (Fsp3) is 0.538. The van der Waals surface area contributed by atoms with Gasteiger partial charge in [-0.2, -0.15) is 0 Å². The lowest BCUT2D eigenvalue weighted by molar-refractivity contribution is 0.0944. The van der Waals surface area contributed by atoms with Gasteiger partial charge in [0.1, 0.15) is 5.69 Å². The molecule has 1 saturated carbocycles. The molecule has 4 heteroatoms. The molecule has 17 heavy (non-hydrogen) atoms. The molecular formula is C13H19N3O. The van der Waals surface area contributed by atoms with E-state index in [1.54, 1.807) is 12.3 Å². The van der Waals surface area contributed by atoms with Crippen molar-refractivity contribution in [2.45, 2.75) is 25.7 Å². The van der Waals surface area contributed by atoms with Gasteiger partial charge in [-0.15, -0.1) is 0 Å². The summed E-state index contributed by atoms with van der Waals surface area (Å²) in [5.41, 5.74) is 1.38. The highest BCUT2D eigenvalue weighted by Crippen LogP contribution is 2.28. The van der Waals surface area contributed by atoms with Crippen LogP contribution >= 0.6 is 0 Å². The van der Waals surface area contributed by atoms with Crippen molar-refractivity contribution in [1.82, 2.24) is 10.3 Å². The number of nitrogens with zero attached hydrogens (tertiary/aromatic N) is 1. The summed E-state index contributed by atoms with van der Waals surface area (Å²) in [7, 11) is 1.83. The Hall–Kier alpha value is -1.58. The highest BCUT2D eigenvalue weighted by Gasteiger charge is 2.17. The Morgan fingerprint density at radius 1 is 1.53 bits per heavy atom. The summed E-state index contributed by atoms with van der Waals surface area (Å²) in [5.74, 6) is 0.744. The van der Waals surface area contributed by atoms with Crippen LogP contribution in [-0.2, 0) is 0 Å². The average Bonchev–Trinajstić information content (AvgIpc) is 2.32. The molecule has 1 aromatic rings. The number of aromatic nitrogens is 1. The van der Waals surface area contributed by atoms with Crippen LogP contribution < -0.4 is 10.6 Å². The molecule has 4 nitrogen and oxygen atoms in total. The minimum atomic E-state index is -0.0820. The normalized spacial score (nSPS) is 15.1. The fourth-order valence-corrected chi connectivity index (χ4v) is 1.97. The Balaban J connectivity index is 1.81. The van der Waals surface area contributed by atoms with E-state index in [9.17, 15) is 4.79 Å². The molecule has 1 aliphatic rings. The van der Waals surface area contributed by atoms with Crippen LogP contribution in [0.5, 0.6) is 0 Å². The van der Waals surface area contributed by atoms with Gasteiger partial charge in [-0.05, 0) is 24.5 Å². The van der Waals surface area contributed by atoms with E-state index in [1.807, 2.05) is 13.1 Å². The van der Waals surface area contributed by atoms with E-state index < -0.39 is 0 Å². The van der Waals surface area contributed by atoms with Crippen LogP contribution in [0.25, 0.3) is 0 Å². The second-order valence-electron chi connectivity index (χ2n) is 4.52. The Morgan fingerprint density at radius 2 is 2.35 bits per heavy atom. The van der Waals surface area contributed by atoms with Gasteiger partial charge in [0.25, 0.3) is 5.91 Å². The molecule has 1 fully saturated rings. The van der Waals surface area contributed by atoms with Gasteiger partial charge in [0.2, 0.25) is 0 Å². The lowest BCUT2D eigenvalue weighted by atomic mass is 9.83. The molecule has 0 spiro atoms. The van der Waals surface area contributed by atoms with Crippen molar-refractivity contribution in [1.29, 1.82) is 0 Å². The first-order chi connectivity index (χ1) is 8.29. The Morgan fingerprint density at radius 3 is 3.00 bits per heavy atom. The average molecular weight is 233 g/mol. The van der Waals surface area contributed by atoms with Crippen LogP contribution in [0, 0.1) is 5.92 Å². The summed E-state index contributed by atoms with van der Waals surface area (Å²) in [6, 6.07) is 3.60. The molecule has 2 N–H and O–H groups in total. The van der Waals surface area contributed by atoms with E-state index in [0.717, 1.165) is 24.6 Å². The predicted molar refractivity (Wildman–Crippen MR) is 68.1 cm³/mol. The zero-order valence-electron chi connectivity index (χ0n) is 10.2. The molecule has 92 valence electrons. The minimum Gasteiger partial charge on any atom is -0.388 e. The first kappa shape index (κ1) is 11.9. The smallest absolute Gasteiger partial charge is 0.269 e. The standard InChI is InChI=1S/C13H19N3O/c1-14-11-6-8-15-12(9-11)13(17)16-7-5-10-3-2-4-10/h6,8-10H,2-5,7H2,1H3,(H,14,15)(H,16,17). The van der Waals surface area contributed by atoms with Gasteiger partial charge in [-0.25, -0.2) is 0 Å². The third kappa shape index (κ3) is 3.19. The zero-order chi connectivity index (χ0) is 12.1. The number of nitrogens with one attached hydrogen (secondary N) is 2. The minimum absolute atomic E-state index is 0.0820. The summed E-state index contributed by atoms with van der Waals surface area (Å²) in [6.45, 7) is 0.759. The van der Waals surface area contributed by atoms with Gasteiger partial charge in [-0.1, -0.05) is 19.3 Å². The van der Waals surface area contributed by atoms with Crippen LogP contribution in [0.2, 0.25) is 0 Å². The Labute approximate surface area is 102 Å². The first-order valence-corrected chi connectivity index (χ1v) is 6.21. The molecular weight excluding hydrogens is 214 g/mol. The van der Waals surface area contributed by atoms with Gasteiger partial charge in [0.05, 0.1) is 0 Å². The topological polar surface area (TPSA) is 54.0 Å². The molecule has 1 amide bonds. The number of carbonyl (C=O) groups excluding carboxylic acids is 1. The Kier molecular flexibility index (Phi) is 3.96. The van der Waals surface area contributed by atoms with Crippen molar-refractivity contribution >= 4 is 11.6 Å². The maximum absolute atomic E-state index is 11.8. The SMILES string of the molecule is CNc1ccnc(C(=O)NCCC2CCC2)c1. The quantitative estimate of drug-likeness (QED) is 0.818. The van der Waals surface area contributed by atoms with E-state index >= 15 is 0 Å². The lowest BCUT2D eigenvalue weighted by Crippen LogP contribution is -2.28. The maximum atomic E-state index is 11.8. The van der Waals surface area contributed by atoms with Crippen LogP contribution in [0.15, 0.2) is 18.3 Å². The van der Waals surface area contributed by atoms with E-state index in [0.29, 0.717) is 5.69 Å². The summed E-state index contributed by atoms with van der Waals surface area (Å²) < 4.78 is 0. The van der Waals surface area contributed by atoms with Crippen LogP contribution in [0.1, 0.15) is 36.2 Å². The van der Waals surface area contributed by atoms with Crippen LogP contribution in [-0.4, -0.2) is 24.5 Å². The zero-order valence-corrected chi connectivity index (χ0v) is 10.2. The van der Waals surface area contributed by atoms with E-state index in [2.05, 4.69) is 15.6 Å². The molecule has 0 aromatic carbocycles. The van der Waals surface area contributed by atoms with Crippen molar-refractivity contribution in [3.63, 3.8) is 0 Å². The largest absolute Gasteiger partial charge is 0.388 e. The predicted octanol–water partition coefficient (Wildman–Crippen LogP) is 2.04. The lowest BCUT2D eigenvalue weighted by Gasteiger charge is -2.25.